The molecule has 1 heterocycles. The van der Waals surface area contributed by atoms with E-state index in [0.29, 0.717) is 19.6 Å². The first-order valence-electron chi connectivity index (χ1n) is 7.55. The standard InChI is InChI=1S/C16H16ClF3N4O2/c1-26-8-2-6-21-14(25)13-5-7-22-15(24-13)23-10-3-4-12(17)11(9-10)16(18,19)20/h3-5,7,9H,2,6,8H2,1H3,(H,21,25)(H,22,23,24). The normalized spacial score (nSPS) is 11.3. The summed E-state index contributed by atoms with van der Waals surface area (Å²) in [7, 11) is 1.56. The highest BCUT2D eigenvalue weighted by molar-refractivity contribution is 6.31. The number of carbonyl (C=O) groups is 1. The lowest BCUT2D eigenvalue weighted by Crippen LogP contribution is -2.26. The first-order valence-corrected chi connectivity index (χ1v) is 7.93. The molecular weight excluding hydrogens is 373 g/mol. The SMILES string of the molecule is COCCCNC(=O)c1ccnc(Nc2ccc(Cl)c(C(F)(F)F)c2)n1. The van der Waals surface area contributed by atoms with Gasteiger partial charge in [0.25, 0.3) is 5.91 Å². The Morgan fingerprint density at radius 3 is 2.77 bits per heavy atom. The molecule has 0 saturated heterocycles. The van der Waals surface area contributed by atoms with Gasteiger partial charge in [-0.2, -0.15) is 13.2 Å². The van der Waals surface area contributed by atoms with Crippen LogP contribution in [0, 0.1) is 0 Å². The zero-order chi connectivity index (χ0) is 19.2. The molecule has 0 bridgehead atoms. The number of nitrogens with one attached hydrogen (secondary N) is 2. The van der Waals surface area contributed by atoms with Crippen LogP contribution in [-0.2, 0) is 10.9 Å². The Hall–Kier alpha value is -2.39. The molecular formula is C16H16ClF3N4O2. The van der Waals surface area contributed by atoms with Crippen LogP contribution in [0.3, 0.4) is 0 Å². The summed E-state index contributed by atoms with van der Waals surface area (Å²) in [4.78, 5) is 19.9. The van der Waals surface area contributed by atoms with Gasteiger partial charge < -0.3 is 15.4 Å². The van der Waals surface area contributed by atoms with Crippen LogP contribution >= 0.6 is 11.6 Å². The van der Waals surface area contributed by atoms with Gasteiger partial charge in [0.1, 0.15) is 5.69 Å². The number of benzene rings is 1. The lowest BCUT2D eigenvalue weighted by atomic mass is 10.2. The number of methoxy groups -OCH3 is 1. The number of aromatic nitrogens is 2. The third-order valence-corrected chi connectivity index (χ3v) is 3.56. The summed E-state index contributed by atoms with van der Waals surface area (Å²) in [6.45, 7) is 0.917. The summed E-state index contributed by atoms with van der Waals surface area (Å²) in [6, 6.07) is 4.74. The zero-order valence-electron chi connectivity index (χ0n) is 13.7. The molecule has 0 aliphatic carbocycles. The molecule has 0 saturated carbocycles. The molecule has 0 fully saturated rings. The van der Waals surface area contributed by atoms with E-state index in [1.54, 1.807) is 7.11 Å². The second-order valence-electron chi connectivity index (χ2n) is 5.19. The highest BCUT2D eigenvalue weighted by atomic mass is 35.5. The van der Waals surface area contributed by atoms with E-state index in [1.807, 2.05) is 0 Å². The number of nitrogens with zero attached hydrogens (tertiary/aromatic N) is 2. The van der Waals surface area contributed by atoms with Crippen LogP contribution in [-0.4, -0.2) is 36.1 Å². The minimum Gasteiger partial charge on any atom is -0.385 e. The first kappa shape index (κ1) is 19.9. The minimum absolute atomic E-state index is 0.00927. The van der Waals surface area contributed by atoms with Gasteiger partial charge in [-0.3, -0.25) is 4.79 Å². The predicted molar refractivity (Wildman–Crippen MR) is 90.6 cm³/mol. The Balaban J connectivity index is 2.10. The maximum atomic E-state index is 12.9. The summed E-state index contributed by atoms with van der Waals surface area (Å²) in [5.74, 6) is -0.427. The molecule has 0 atom stereocenters. The second kappa shape index (κ2) is 8.81. The monoisotopic (exact) mass is 388 g/mol. The quantitative estimate of drug-likeness (QED) is 0.708. The molecule has 0 aliphatic rings. The molecule has 2 aromatic rings. The lowest BCUT2D eigenvalue weighted by molar-refractivity contribution is -0.137. The van der Waals surface area contributed by atoms with Gasteiger partial charge in [-0.25, -0.2) is 9.97 Å². The molecule has 2 rings (SSSR count). The highest BCUT2D eigenvalue weighted by Crippen LogP contribution is 2.36. The summed E-state index contributed by atoms with van der Waals surface area (Å²) < 4.78 is 43.6. The van der Waals surface area contributed by atoms with Gasteiger partial charge in [-0.1, -0.05) is 11.6 Å². The molecule has 26 heavy (non-hydrogen) atoms. The third kappa shape index (κ3) is 5.57. The molecule has 1 aromatic carbocycles. The fourth-order valence-electron chi connectivity index (χ4n) is 2.00. The van der Waals surface area contributed by atoms with Gasteiger partial charge in [0.2, 0.25) is 5.95 Å². The van der Waals surface area contributed by atoms with Crippen molar-refractivity contribution in [1.29, 1.82) is 0 Å². The van der Waals surface area contributed by atoms with Crippen molar-refractivity contribution in [2.45, 2.75) is 12.6 Å². The Labute approximate surface area is 152 Å². The highest BCUT2D eigenvalue weighted by Gasteiger charge is 2.33. The maximum absolute atomic E-state index is 12.9. The van der Waals surface area contributed by atoms with Crippen molar-refractivity contribution in [2.75, 3.05) is 25.6 Å². The number of hydrogen-bond donors (Lipinski definition) is 2. The van der Waals surface area contributed by atoms with Gasteiger partial charge in [0, 0.05) is 32.1 Å². The summed E-state index contributed by atoms with van der Waals surface area (Å²) in [5.41, 5.74) is -0.791. The van der Waals surface area contributed by atoms with Crippen molar-refractivity contribution >= 4 is 29.1 Å². The zero-order valence-corrected chi connectivity index (χ0v) is 14.5. The van der Waals surface area contributed by atoms with E-state index in [9.17, 15) is 18.0 Å². The fraction of sp³-hybridized carbons (Fsp3) is 0.312. The molecule has 6 nitrogen and oxygen atoms in total. The smallest absolute Gasteiger partial charge is 0.385 e. The molecule has 0 spiro atoms. The van der Waals surface area contributed by atoms with Crippen molar-refractivity contribution < 1.29 is 22.7 Å². The summed E-state index contributed by atoms with van der Waals surface area (Å²) in [6.07, 6.45) is -2.61. The predicted octanol–water partition coefficient (Wildman–Crippen LogP) is 3.66. The Morgan fingerprint density at radius 1 is 1.31 bits per heavy atom. The largest absolute Gasteiger partial charge is 0.417 e. The van der Waals surface area contributed by atoms with Crippen molar-refractivity contribution in [3.05, 3.63) is 46.7 Å². The van der Waals surface area contributed by atoms with Crippen LogP contribution in [0.25, 0.3) is 0 Å². The maximum Gasteiger partial charge on any atom is 0.417 e. The van der Waals surface area contributed by atoms with E-state index in [0.717, 1.165) is 12.1 Å². The van der Waals surface area contributed by atoms with E-state index in [1.165, 1.54) is 18.3 Å². The number of carbonyl (C=O) groups excluding carboxylic acids is 1. The molecule has 0 unspecified atom stereocenters. The molecule has 140 valence electrons. The fourth-order valence-corrected chi connectivity index (χ4v) is 2.23. The van der Waals surface area contributed by atoms with Crippen LogP contribution in [0.4, 0.5) is 24.8 Å². The molecule has 2 N–H and O–H groups in total. The molecule has 1 amide bonds. The number of rotatable bonds is 7. The van der Waals surface area contributed by atoms with Crippen LogP contribution in [0.2, 0.25) is 5.02 Å². The van der Waals surface area contributed by atoms with Crippen LogP contribution in [0.15, 0.2) is 30.5 Å². The molecule has 0 radical (unpaired) electrons. The lowest BCUT2D eigenvalue weighted by Gasteiger charge is -2.12. The van der Waals surface area contributed by atoms with E-state index >= 15 is 0 Å². The Morgan fingerprint density at radius 2 is 2.08 bits per heavy atom. The van der Waals surface area contributed by atoms with Gasteiger partial charge in [0.15, 0.2) is 0 Å². The van der Waals surface area contributed by atoms with E-state index in [4.69, 9.17) is 16.3 Å². The number of hydrogen-bond acceptors (Lipinski definition) is 5. The molecule has 1 aromatic heterocycles. The summed E-state index contributed by atoms with van der Waals surface area (Å²) >= 11 is 5.58. The number of ether oxygens (including phenoxy) is 1. The number of amides is 1. The van der Waals surface area contributed by atoms with E-state index in [2.05, 4.69) is 20.6 Å². The topological polar surface area (TPSA) is 76.1 Å². The first-order chi connectivity index (χ1) is 12.3. The number of halogens is 4. The van der Waals surface area contributed by atoms with Gasteiger partial charge in [0.05, 0.1) is 10.6 Å². The van der Waals surface area contributed by atoms with Gasteiger partial charge in [-0.05, 0) is 30.7 Å². The second-order valence-corrected chi connectivity index (χ2v) is 5.59. The molecule has 0 aliphatic heterocycles. The Kier molecular flexibility index (Phi) is 6.76. The van der Waals surface area contributed by atoms with Gasteiger partial charge >= 0.3 is 6.18 Å². The number of anilines is 2. The average molecular weight is 389 g/mol. The number of alkyl halides is 3. The van der Waals surface area contributed by atoms with E-state index in [-0.39, 0.29) is 17.3 Å². The van der Waals surface area contributed by atoms with E-state index < -0.39 is 22.7 Å². The average Bonchev–Trinajstić information content (AvgIpc) is 2.59. The van der Waals surface area contributed by atoms with Crippen molar-refractivity contribution in [1.82, 2.24) is 15.3 Å². The van der Waals surface area contributed by atoms with Crippen molar-refractivity contribution in [2.24, 2.45) is 0 Å². The van der Waals surface area contributed by atoms with Crippen LogP contribution in [0.1, 0.15) is 22.5 Å². The summed E-state index contributed by atoms with van der Waals surface area (Å²) in [5, 5.41) is 4.88. The Bertz CT molecular complexity index is 771. The van der Waals surface area contributed by atoms with Crippen molar-refractivity contribution in [3.8, 4) is 0 Å². The van der Waals surface area contributed by atoms with Crippen LogP contribution < -0.4 is 10.6 Å². The third-order valence-electron chi connectivity index (χ3n) is 3.23. The van der Waals surface area contributed by atoms with Gasteiger partial charge in [-0.15, -0.1) is 0 Å². The molecule has 10 heteroatoms. The van der Waals surface area contributed by atoms with Crippen LogP contribution in [0.5, 0.6) is 0 Å². The minimum atomic E-state index is -4.58. The van der Waals surface area contributed by atoms with Crippen molar-refractivity contribution in [3.63, 3.8) is 0 Å².